The van der Waals surface area contributed by atoms with Crippen molar-refractivity contribution in [2.45, 2.75) is 19.8 Å². The molecular formula is C24H20N2O4. The molecule has 150 valence electrons. The van der Waals surface area contributed by atoms with Crippen LogP contribution in [0, 0.1) is 6.92 Å². The fourth-order valence-electron chi connectivity index (χ4n) is 3.37. The lowest BCUT2D eigenvalue weighted by Gasteiger charge is -2.07. The van der Waals surface area contributed by atoms with Gasteiger partial charge in [0.1, 0.15) is 5.58 Å². The van der Waals surface area contributed by atoms with Crippen LogP contribution in [0.5, 0.6) is 0 Å². The lowest BCUT2D eigenvalue weighted by Crippen LogP contribution is -2.41. The summed E-state index contributed by atoms with van der Waals surface area (Å²) in [7, 11) is 0. The van der Waals surface area contributed by atoms with Crippen LogP contribution in [-0.4, -0.2) is 17.6 Å². The summed E-state index contributed by atoms with van der Waals surface area (Å²) in [5, 5.41) is 2.87. The first kappa shape index (κ1) is 19.4. The number of hydrogen-bond donors (Lipinski definition) is 2. The van der Waals surface area contributed by atoms with E-state index in [2.05, 4.69) is 10.9 Å². The van der Waals surface area contributed by atoms with Crippen molar-refractivity contribution in [3.63, 3.8) is 0 Å². The molecule has 1 aromatic heterocycles. The number of nitrogens with one attached hydrogen (secondary N) is 2. The van der Waals surface area contributed by atoms with Crippen molar-refractivity contribution >= 4 is 39.3 Å². The van der Waals surface area contributed by atoms with E-state index in [0.717, 1.165) is 16.2 Å². The smallest absolute Gasteiger partial charge is 0.305 e. The maximum absolute atomic E-state index is 12.4. The Bertz CT molecular complexity index is 1270. The van der Waals surface area contributed by atoms with E-state index in [-0.39, 0.29) is 24.4 Å². The standard InChI is InChI=1S/C24H20N2O4/c1-15-19-8-4-5-9-21(19)30-23(15)24(29)26-25-22(28)13-12-20(27)18-11-10-16-6-2-3-7-17(16)14-18/h2-11,14H,12-13H2,1H3,(H,25,28)(H,26,29). The van der Waals surface area contributed by atoms with E-state index >= 15 is 0 Å². The van der Waals surface area contributed by atoms with Crippen molar-refractivity contribution in [2.75, 3.05) is 0 Å². The van der Waals surface area contributed by atoms with Gasteiger partial charge in [-0.25, -0.2) is 0 Å². The van der Waals surface area contributed by atoms with Gasteiger partial charge in [0.25, 0.3) is 0 Å². The van der Waals surface area contributed by atoms with E-state index in [0.29, 0.717) is 16.7 Å². The van der Waals surface area contributed by atoms with E-state index in [4.69, 9.17) is 4.42 Å². The number of hydrazine groups is 1. The van der Waals surface area contributed by atoms with Crippen LogP contribution in [0.2, 0.25) is 0 Å². The van der Waals surface area contributed by atoms with E-state index in [1.807, 2.05) is 54.6 Å². The summed E-state index contributed by atoms with van der Waals surface area (Å²) in [5.41, 5.74) is 6.54. The highest BCUT2D eigenvalue weighted by Crippen LogP contribution is 2.24. The van der Waals surface area contributed by atoms with Crippen LogP contribution in [0.15, 0.2) is 71.1 Å². The second kappa shape index (κ2) is 8.21. The van der Waals surface area contributed by atoms with Gasteiger partial charge in [-0.1, -0.05) is 54.6 Å². The number of furan rings is 1. The molecule has 0 saturated carbocycles. The second-order valence-corrected chi connectivity index (χ2v) is 7.04. The Morgan fingerprint density at radius 1 is 0.833 bits per heavy atom. The molecule has 0 aliphatic carbocycles. The molecular weight excluding hydrogens is 380 g/mol. The molecule has 0 spiro atoms. The number of aryl methyl sites for hydroxylation is 1. The molecule has 0 atom stereocenters. The maximum atomic E-state index is 12.4. The van der Waals surface area contributed by atoms with Gasteiger partial charge in [0.2, 0.25) is 5.91 Å². The quantitative estimate of drug-likeness (QED) is 0.386. The minimum absolute atomic E-state index is 0.0367. The molecule has 0 unspecified atom stereocenters. The second-order valence-electron chi connectivity index (χ2n) is 7.04. The summed E-state index contributed by atoms with van der Waals surface area (Å²) in [4.78, 5) is 36.8. The van der Waals surface area contributed by atoms with Gasteiger partial charge >= 0.3 is 5.91 Å². The van der Waals surface area contributed by atoms with Crippen LogP contribution in [0.1, 0.15) is 39.3 Å². The third-order valence-corrected chi connectivity index (χ3v) is 5.02. The molecule has 30 heavy (non-hydrogen) atoms. The van der Waals surface area contributed by atoms with Crippen LogP contribution >= 0.6 is 0 Å². The fourth-order valence-corrected chi connectivity index (χ4v) is 3.37. The third-order valence-electron chi connectivity index (χ3n) is 5.02. The summed E-state index contributed by atoms with van der Waals surface area (Å²) in [6, 6.07) is 20.6. The number of hydrogen-bond acceptors (Lipinski definition) is 4. The highest BCUT2D eigenvalue weighted by atomic mass is 16.3. The Hall–Kier alpha value is -3.93. The van der Waals surface area contributed by atoms with Gasteiger partial charge in [0.15, 0.2) is 11.5 Å². The number of ketones is 1. The predicted molar refractivity (Wildman–Crippen MR) is 114 cm³/mol. The number of benzene rings is 3. The van der Waals surface area contributed by atoms with Crippen molar-refractivity contribution in [1.82, 2.24) is 10.9 Å². The highest BCUT2D eigenvalue weighted by molar-refractivity contribution is 6.02. The lowest BCUT2D eigenvalue weighted by atomic mass is 10.0. The Balaban J connectivity index is 1.32. The summed E-state index contributed by atoms with van der Waals surface area (Å²) >= 11 is 0. The monoisotopic (exact) mass is 400 g/mol. The molecule has 0 saturated heterocycles. The minimum atomic E-state index is -0.544. The average Bonchev–Trinajstić information content (AvgIpc) is 3.12. The Morgan fingerprint density at radius 2 is 1.57 bits per heavy atom. The molecule has 4 aromatic rings. The SMILES string of the molecule is Cc1c(C(=O)NNC(=O)CCC(=O)c2ccc3ccccc3c2)oc2ccccc12. The Labute approximate surface area is 172 Å². The summed E-state index contributed by atoms with van der Waals surface area (Å²) in [5.74, 6) is -0.983. The molecule has 1 heterocycles. The molecule has 0 aliphatic heterocycles. The molecule has 0 fully saturated rings. The lowest BCUT2D eigenvalue weighted by molar-refractivity contribution is -0.121. The number of carbonyl (C=O) groups excluding carboxylic acids is 3. The fraction of sp³-hybridized carbons (Fsp3) is 0.125. The molecule has 3 aromatic carbocycles. The van der Waals surface area contributed by atoms with Gasteiger partial charge in [-0.3, -0.25) is 25.2 Å². The number of para-hydroxylation sites is 1. The molecule has 2 amide bonds. The third kappa shape index (κ3) is 3.93. The van der Waals surface area contributed by atoms with Gasteiger partial charge in [-0.05, 0) is 29.8 Å². The van der Waals surface area contributed by atoms with Gasteiger partial charge in [0, 0.05) is 29.4 Å². The van der Waals surface area contributed by atoms with Crippen LogP contribution in [0.3, 0.4) is 0 Å². The first-order valence-corrected chi connectivity index (χ1v) is 9.62. The predicted octanol–water partition coefficient (Wildman–Crippen LogP) is 4.32. The molecule has 0 aliphatic rings. The van der Waals surface area contributed by atoms with Crippen LogP contribution in [0.25, 0.3) is 21.7 Å². The molecule has 4 rings (SSSR count). The van der Waals surface area contributed by atoms with Gasteiger partial charge in [-0.2, -0.15) is 0 Å². The average molecular weight is 400 g/mol. The van der Waals surface area contributed by atoms with E-state index < -0.39 is 11.8 Å². The molecule has 0 bridgehead atoms. The van der Waals surface area contributed by atoms with Gasteiger partial charge in [0.05, 0.1) is 0 Å². The number of fused-ring (bicyclic) bond motifs is 2. The zero-order chi connectivity index (χ0) is 21.1. The van der Waals surface area contributed by atoms with Crippen molar-refractivity contribution < 1.29 is 18.8 Å². The van der Waals surface area contributed by atoms with E-state index in [1.54, 1.807) is 19.1 Å². The zero-order valence-electron chi connectivity index (χ0n) is 16.4. The number of amides is 2. The summed E-state index contributed by atoms with van der Waals surface area (Å²) < 4.78 is 5.57. The van der Waals surface area contributed by atoms with Gasteiger partial charge < -0.3 is 4.42 Å². The first-order valence-electron chi connectivity index (χ1n) is 9.62. The molecule has 2 N–H and O–H groups in total. The summed E-state index contributed by atoms with van der Waals surface area (Å²) in [6.07, 6.45) is 0.00869. The van der Waals surface area contributed by atoms with Crippen LogP contribution in [-0.2, 0) is 4.79 Å². The van der Waals surface area contributed by atoms with E-state index in [1.165, 1.54) is 0 Å². The van der Waals surface area contributed by atoms with Crippen molar-refractivity contribution in [3.8, 4) is 0 Å². The van der Waals surface area contributed by atoms with Crippen molar-refractivity contribution in [1.29, 1.82) is 0 Å². The number of rotatable bonds is 5. The minimum Gasteiger partial charge on any atom is -0.451 e. The summed E-state index contributed by atoms with van der Waals surface area (Å²) in [6.45, 7) is 1.78. The van der Waals surface area contributed by atoms with Crippen LogP contribution < -0.4 is 10.9 Å². The molecule has 6 nitrogen and oxygen atoms in total. The Morgan fingerprint density at radius 3 is 2.37 bits per heavy atom. The number of carbonyl (C=O) groups is 3. The number of Topliss-reactive ketones (excluding diaryl/α,β-unsaturated/α-hetero) is 1. The van der Waals surface area contributed by atoms with Gasteiger partial charge in [-0.15, -0.1) is 0 Å². The zero-order valence-corrected chi connectivity index (χ0v) is 16.4. The van der Waals surface area contributed by atoms with Crippen molar-refractivity contribution in [3.05, 3.63) is 83.6 Å². The topological polar surface area (TPSA) is 88.4 Å². The first-order chi connectivity index (χ1) is 14.5. The largest absolute Gasteiger partial charge is 0.451 e. The van der Waals surface area contributed by atoms with Crippen LogP contribution in [0.4, 0.5) is 0 Å². The molecule has 6 heteroatoms. The Kier molecular flexibility index (Phi) is 5.30. The maximum Gasteiger partial charge on any atom is 0.305 e. The highest BCUT2D eigenvalue weighted by Gasteiger charge is 2.18. The van der Waals surface area contributed by atoms with Crippen molar-refractivity contribution in [2.24, 2.45) is 0 Å². The van der Waals surface area contributed by atoms with E-state index in [9.17, 15) is 14.4 Å². The molecule has 0 radical (unpaired) electrons. The normalized spacial score (nSPS) is 10.8.